The number of aryl methyl sites for hydroxylation is 1. The minimum Gasteiger partial charge on any atom is -0.475 e. The number of ether oxygens (including phenoxy) is 1. The first-order chi connectivity index (χ1) is 21.4. The smallest absolute Gasteiger partial charge is 0.475 e. The van der Waals surface area contributed by atoms with Gasteiger partial charge in [-0.1, -0.05) is 29.8 Å². The van der Waals surface area contributed by atoms with Crippen LogP contribution in [-0.2, 0) is 25.7 Å². The number of benzene rings is 1. The van der Waals surface area contributed by atoms with E-state index in [2.05, 4.69) is 52.9 Å². The lowest BCUT2D eigenvalue weighted by Gasteiger charge is -2.42. The van der Waals surface area contributed by atoms with Crippen LogP contribution >= 0.6 is 0 Å². The molecule has 0 bridgehead atoms. The third kappa shape index (κ3) is 16.5. The lowest BCUT2D eigenvalue weighted by Crippen LogP contribution is -2.51. The molecule has 47 heavy (non-hydrogen) atoms. The molecule has 4 rings (SSSR count). The first-order valence-electron chi connectivity index (χ1n) is 14.2. The van der Waals surface area contributed by atoms with Crippen LogP contribution in [0.3, 0.4) is 0 Å². The summed E-state index contributed by atoms with van der Waals surface area (Å²) in [4.78, 5) is 34.3. The predicted octanol–water partition coefficient (Wildman–Crippen LogP) is 4.66. The summed E-state index contributed by atoms with van der Waals surface area (Å²) >= 11 is 0. The van der Waals surface area contributed by atoms with E-state index in [4.69, 9.17) is 34.4 Å². The molecule has 1 aromatic rings. The van der Waals surface area contributed by atoms with Gasteiger partial charge >= 0.3 is 36.4 Å². The van der Waals surface area contributed by atoms with Crippen molar-refractivity contribution < 1.29 is 74.0 Å². The summed E-state index contributed by atoms with van der Waals surface area (Å²) in [5.41, 5.74) is 2.90. The number of hydrogen-bond acceptors (Lipinski definition) is 7. The summed E-state index contributed by atoms with van der Waals surface area (Å²) in [6.45, 7) is 11.4. The Kier molecular flexibility index (Phi) is 15.9. The van der Waals surface area contributed by atoms with E-state index in [1.807, 2.05) is 0 Å². The maximum Gasteiger partial charge on any atom is 0.490 e. The lowest BCUT2D eigenvalue weighted by atomic mass is 9.90. The molecule has 3 N–H and O–H groups in total. The van der Waals surface area contributed by atoms with Gasteiger partial charge in [-0.2, -0.15) is 39.5 Å². The number of piperazine rings is 1. The quantitative estimate of drug-likeness (QED) is 0.382. The Bertz CT molecular complexity index is 1080. The molecule has 3 saturated heterocycles. The van der Waals surface area contributed by atoms with Gasteiger partial charge in [0.1, 0.15) is 0 Å². The summed E-state index contributed by atoms with van der Waals surface area (Å²) in [7, 11) is 2.23. The van der Waals surface area contributed by atoms with Gasteiger partial charge in [-0.15, -0.1) is 0 Å². The van der Waals surface area contributed by atoms with Gasteiger partial charge in [0.15, 0.2) is 0 Å². The molecule has 3 aliphatic heterocycles. The maximum atomic E-state index is 10.6. The molecule has 2 atom stereocenters. The molecule has 0 unspecified atom stereocenters. The zero-order valence-corrected chi connectivity index (χ0v) is 25.6. The van der Waals surface area contributed by atoms with E-state index in [-0.39, 0.29) is 5.60 Å². The van der Waals surface area contributed by atoms with Gasteiger partial charge in [0.2, 0.25) is 0 Å². The maximum absolute atomic E-state index is 10.6. The number of halogens is 9. The van der Waals surface area contributed by atoms with Crippen molar-refractivity contribution in [2.24, 2.45) is 0 Å². The van der Waals surface area contributed by atoms with E-state index in [1.165, 1.54) is 69.5 Å². The Morgan fingerprint density at radius 1 is 0.766 bits per heavy atom. The van der Waals surface area contributed by atoms with E-state index in [0.29, 0.717) is 6.10 Å². The van der Waals surface area contributed by atoms with Crippen LogP contribution in [0.1, 0.15) is 36.8 Å². The zero-order chi connectivity index (χ0) is 36.2. The Morgan fingerprint density at radius 2 is 1.21 bits per heavy atom. The highest BCUT2D eigenvalue weighted by atomic mass is 19.4. The van der Waals surface area contributed by atoms with Gasteiger partial charge in [0.25, 0.3) is 0 Å². The first-order valence-corrected chi connectivity index (χ1v) is 14.2. The fourth-order valence-corrected chi connectivity index (χ4v) is 4.88. The van der Waals surface area contributed by atoms with Crippen molar-refractivity contribution in [1.29, 1.82) is 0 Å². The summed E-state index contributed by atoms with van der Waals surface area (Å²) < 4.78 is 102. The molecule has 0 radical (unpaired) electrons. The first kappa shape index (κ1) is 41.9. The molecule has 1 spiro atoms. The topological polar surface area (TPSA) is 131 Å². The van der Waals surface area contributed by atoms with Crippen LogP contribution < -0.4 is 0 Å². The third-order valence-electron chi connectivity index (χ3n) is 7.28. The second-order valence-corrected chi connectivity index (χ2v) is 11.3. The molecular formula is C28H38F9N3O7. The molecule has 3 aliphatic rings. The second-order valence-electron chi connectivity index (χ2n) is 11.3. The highest BCUT2D eigenvalue weighted by molar-refractivity contribution is 5.73. The van der Waals surface area contributed by atoms with Gasteiger partial charge in [0.05, 0.1) is 11.7 Å². The number of carboxylic acid groups (broad SMARTS) is 3. The number of likely N-dealkylation sites (tertiary alicyclic amines) is 1. The number of carbonyl (C=O) groups is 3. The zero-order valence-electron chi connectivity index (χ0n) is 25.6. The molecule has 10 nitrogen and oxygen atoms in total. The van der Waals surface area contributed by atoms with Crippen molar-refractivity contribution >= 4 is 17.9 Å². The van der Waals surface area contributed by atoms with Gasteiger partial charge < -0.3 is 25.0 Å². The largest absolute Gasteiger partial charge is 0.490 e. The SMILES string of the molecule is Cc1ccc(CN2CC[C@]3(CCC[C@@H](CN4CCN(C)CC4)O3)C2)cc1.O=C(O)C(F)(F)F.O=C(O)C(F)(F)F.O=C(O)C(F)(F)F. The highest BCUT2D eigenvalue weighted by Gasteiger charge is 2.43. The van der Waals surface area contributed by atoms with Crippen molar-refractivity contribution in [1.82, 2.24) is 14.7 Å². The molecule has 270 valence electrons. The van der Waals surface area contributed by atoms with Crippen LogP contribution in [0.4, 0.5) is 39.5 Å². The van der Waals surface area contributed by atoms with Crippen LogP contribution in [-0.4, -0.2) is 131 Å². The number of aliphatic carboxylic acids is 3. The number of hydrogen-bond donors (Lipinski definition) is 3. The van der Waals surface area contributed by atoms with Crippen LogP contribution in [0, 0.1) is 6.92 Å². The van der Waals surface area contributed by atoms with Crippen LogP contribution in [0.2, 0.25) is 0 Å². The Labute approximate surface area is 264 Å². The van der Waals surface area contributed by atoms with Crippen LogP contribution in [0.15, 0.2) is 24.3 Å². The number of likely N-dealkylation sites (N-methyl/N-ethyl adjacent to an activating group) is 1. The monoisotopic (exact) mass is 699 g/mol. The fraction of sp³-hybridized carbons (Fsp3) is 0.679. The number of carboxylic acids is 3. The average molecular weight is 700 g/mol. The van der Waals surface area contributed by atoms with E-state index < -0.39 is 36.4 Å². The van der Waals surface area contributed by atoms with Crippen molar-refractivity contribution in [3.8, 4) is 0 Å². The van der Waals surface area contributed by atoms with Crippen molar-refractivity contribution in [2.75, 3.05) is 52.9 Å². The van der Waals surface area contributed by atoms with Gasteiger partial charge in [-0.3, -0.25) is 9.80 Å². The van der Waals surface area contributed by atoms with E-state index in [0.717, 1.165) is 19.6 Å². The van der Waals surface area contributed by atoms with Crippen LogP contribution in [0.5, 0.6) is 0 Å². The molecule has 0 amide bonds. The number of alkyl halides is 9. The fourth-order valence-electron chi connectivity index (χ4n) is 4.88. The molecule has 0 saturated carbocycles. The standard InChI is InChI=1S/C22H35N3O.3C2HF3O2/c1-19-5-7-20(8-6-19)16-25-11-10-22(18-25)9-3-4-21(26-22)17-24-14-12-23(2)13-15-24;3*3-2(4,5)1(6)7/h5-8,21H,3-4,9-18H2,1-2H3;3*(H,6,7)/t21-,22+;;;/m0.../s1. The summed E-state index contributed by atoms with van der Waals surface area (Å²) in [5, 5.41) is 21.4. The van der Waals surface area contributed by atoms with Gasteiger partial charge in [-0.05, 0) is 45.2 Å². The van der Waals surface area contributed by atoms with Gasteiger partial charge in [0, 0.05) is 52.4 Å². The normalized spacial score (nSPS) is 22.6. The Morgan fingerprint density at radius 3 is 1.64 bits per heavy atom. The summed E-state index contributed by atoms with van der Waals surface area (Å²) in [5.74, 6) is -8.27. The van der Waals surface area contributed by atoms with E-state index in [1.54, 1.807) is 0 Å². The molecular weight excluding hydrogens is 661 g/mol. The predicted molar refractivity (Wildman–Crippen MR) is 148 cm³/mol. The number of rotatable bonds is 4. The van der Waals surface area contributed by atoms with E-state index in [9.17, 15) is 39.5 Å². The Hall–Kier alpha value is -3.16. The minimum atomic E-state index is -5.08. The molecule has 19 heteroatoms. The summed E-state index contributed by atoms with van der Waals surface area (Å²) in [6, 6.07) is 9.01. The second kappa shape index (κ2) is 17.8. The lowest BCUT2D eigenvalue weighted by molar-refractivity contribution is -0.193. The third-order valence-corrected chi connectivity index (χ3v) is 7.28. The van der Waals surface area contributed by atoms with Crippen molar-refractivity contribution in [3.63, 3.8) is 0 Å². The summed E-state index contributed by atoms with van der Waals surface area (Å²) in [6.07, 6.45) is -9.79. The molecule has 0 aromatic heterocycles. The highest BCUT2D eigenvalue weighted by Crippen LogP contribution is 2.37. The van der Waals surface area contributed by atoms with Crippen molar-refractivity contribution in [3.05, 3.63) is 35.4 Å². The van der Waals surface area contributed by atoms with Gasteiger partial charge in [-0.25, -0.2) is 14.4 Å². The molecule has 3 heterocycles. The van der Waals surface area contributed by atoms with Crippen molar-refractivity contribution in [2.45, 2.75) is 69.4 Å². The Balaban J connectivity index is 0.000000430. The minimum absolute atomic E-state index is 0.125. The van der Waals surface area contributed by atoms with E-state index >= 15 is 0 Å². The number of nitrogens with zero attached hydrogens (tertiary/aromatic N) is 3. The molecule has 0 aliphatic carbocycles. The molecule has 3 fully saturated rings. The average Bonchev–Trinajstić information content (AvgIpc) is 3.31. The van der Waals surface area contributed by atoms with Crippen LogP contribution in [0.25, 0.3) is 0 Å². The molecule has 1 aromatic carbocycles.